The van der Waals surface area contributed by atoms with Crippen molar-refractivity contribution >= 4 is 72.5 Å². The highest BCUT2D eigenvalue weighted by Gasteiger charge is 2.13. The van der Waals surface area contributed by atoms with Gasteiger partial charge in [-0.05, 0) is 95.9 Å². The van der Waals surface area contributed by atoms with Crippen LogP contribution in [0.5, 0.6) is 5.75 Å². The van der Waals surface area contributed by atoms with E-state index >= 15 is 0 Å². The molecule has 0 atom stereocenters. The fraction of sp³-hybridized carbons (Fsp3) is 0.0556. The molecule has 0 radical (unpaired) electrons. The minimum absolute atomic E-state index is 0.250. The van der Waals surface area contributed by atoms with Crippen LogP contribution in [0.25, 0.3) is 6.08 Å². The van der Waals surface area contributed by atoms with Crippen LogP contribution in [-0.4, -0.2) is 11.9 Å². The zero-order valence-corrected chi connectivity index (χ0v) is 19.0. The largest absolute Gasteiger partial charge is 0.487 e. The lowest BCUT2D eigenvalue weighted by atomic mass is 10.1. The average Bonchev–Trinajstić information content (AvgIpc) is 2.59. The Morgan fingerprint density at radius 3 is 2.33 bits per heavy atom. The van der Waals surface area contributed by atoms with E-state index in [1.807, 2.05) is 29.6 Å². The first-order chi connectivity index (χ1) is 12.8. The third kappa shape index (κ3) is 6.34. The van der Waals surface area contributed by atoms with Crippen molar-refractivity contribution < 1.29 is 14.3 Å². The topological polar surface area (TPSA) is 105 Å². The first-order valence-electron chi connectivity index (χ1n) is 7.39. The number of urea groups is 1. The Hall–Kier alpha value is -1.90. The summed E-state index contributed by atoms with van der Waals surface area (Å²) in [5.41, 5.74) is 6.23. The third-order valence-electron chi connectivity index (χ3n) is 3.23. The monoisotopic (exact) mass is 603 g/mol. The molecule has 9 heteroatoms. The van der Waals surface area contributed by atoms with Crippen LogP contribution in [0.2, 0.25) is 0 Å². The number of halogens is 3. The Balaban J connectivity index is 2.21. The highest BCUT2D eigenvalue weighted by atomic mass is 127. The van der Waals surface area contributed by atoms with Crippen LogP contribution in [0.3, 0.4) is 0 Å². The number of benzene rings is 2. The van der Waals surface area contributed by atoms with Crippen LogP contribution in [0, 0.1) is 14.9 Å². The molecule has 0 aromatic heterocycles. The van der Waals surface area contributed by atoms with Gasteiger partial charge in [-0.15, -0.1) is 0 Å². The summed E-state index contributed by atoms with van der Waals surface area (Å²) in [4.78, 5) is 22.5. The predicted octanol–water partition coefficient (Wildman–Crippen LogP) is 4.50. The second kappa shape index (κ2) is 9.87. The third-order valence-corrected chi connectivity index (χ3v) is 5.13. The normalized spacial score (nSPS) is 10.8. The van der Waals surface area contributed by atoms with Gasteiger partial charge in [-0.1, -0.05) is 12.1 Å². The Labute approximate surface area is 186 Å². The van der Waals surface area contributed by atoms with E-state index in [1.165, 1.54) is 6.08 Å². The molecule has 0 saturated heterocycles. The molecule has 0 heterocycles. The predicted molar refractivity (Wildman–Crippen MR) is 117 cm³/mol. The lowest BCUT2D eigenvalue weighted by molar-refractivity contribution is -0.115. The summed E-state index contributed by atoms with van der Waals surface area (Å²) in [6, 6.07) is 12.1. The Morgan fingerprint density at radius 2 is 1.81 bits per heavy atom. The lowest BCUT2D eigenvalue weighted by Crippen LogP contribution is -2.35. The van der Waals surface area contributed by atoms with Crippen LogP contribution < -0.4 is 15.8 Å². The van der Waals surface area contributed by atoms with E-state index in [2.05, 4.69) is 54.5 Å². The smallest absolute Gasteiger partial charge is 0.319 e. The number of hydrogen-bond acceptors (Lipinski definition) is 4. The molecule has 6 nitrogen and oxygen atoms in total. The fourth-order valence-corrected chi connectivity index (χ4v) is 3.84. The van der Waals surface area contributed by atoms with Gasteiger partial charge < -0.3 is 10.5 Å². The fourth-order valence-electron chi connectivity index (χ4n) is 2.03. The van der Waals surface area contributed by atoms with Crippen molar-refractivity contribution in [3.63, 3.8) is 0 Å². The number of nitrogens with one attached hydrogen (secondary N) is 1. The molecule has 0 spiro atoms. The molecule has 138 valence electrons. The summed E-state index contributed by atoms with van der Waals surface area (Å²) in [7, 11) is 0. The lowest BCUT2D eigenvalue weighted by Gasteiger charge is -2.12. The summed E-state index contributed by atoms with van der Waals surface area (Å²) in [5, 5.41) is 11.0. The molecular weight excluding hydrogens is 593 g/mol. The van der Waals surface area contributed by atoms with E-state index < -0.39 is 11.9 Å². The zero-order chi connectivity index (χ0) is 20.0. The molecule has 0 aliphatic heterocycles. The molecule has 2 rings (SSSR count). The van der Waals surface area contributed by atoms with Gasteiger partial charge in [0, 0.05) is 3.57 Å². The van der Waals surface area contributed by atoms with Gasteiger partial charge >= 0.3 is 6.03 Å². The van der Waals surface area contributed by atoms with Crippen molar-refractivity contribution in [2.75, 3.05) is 0 Å². The molecule has 3 amide bonds. The average molecular weight is 605 g/mol. The van der Waals surface area contributed by atoms with Crippen LogP contribution in [0.1, 0.15) is 11.1 Å². The molecule has 0 unspecified atom stereocenters. The second-order valence-electron chi connectivity index (χ2n) is 5.22. The number of carbonyl (C=O) groups excluding carboxylic acids is 2. The first-order valence-corrected chi connectivity index (χ1v) is 10.1. The molecular formula is C18H12Br2IN3O3. The van der Waals surface area contributed by atoms with Gasteiger partial charge in [0.25, 0.3) is 5.91 Å². The SMILES string of the molecule is N#C/C(=C/c1cc(Br)c(OCc2ccc(I)cc2)c(Br)c1)C(=O)NC(N)=O. The highest BCUT2D eigenvalue weighted by molar-refractivity contribution is 14.1. The van der Waals surface area contributed by atoms with E-state index in [0.29, 0.717) is 26.9 Å². The Morgan fingerprint density at radius 1 is 1.22 bits per heavy atom. The molecule has 0 fully saturated rings. The maximum Gasteiger partial charge on any atom is 0.319 e. The van der Waals surface area contributed by atoms with E-state index in [0.717, 1.165) is 9.13 Å². The maximum absolute atomic E-state index is 11.8. The van der Waals surface area contributed by atoms with Crippen molar-refractivity contribution in [3.8, 4) is 11.8 Å². The van der Waals surface area contributed by atoms with Crippen LogP contribution in [0.4, 0.5) is 4.79 Å². The molecule has 3 N–H and O–H groups in total. The van der Waals surface area contributed by atoms with Crippen molar-refractivity contribution in [1.29, 1.82) is 5.26 Å². The number of imide groups is 1. The second-order valence-corrected chi connectivity index (χ2v) is 8.17. The maximum atomic E-state index is 11.8. The number of primary amides is 1. The van der Waals surface area contributed by atoms with Gasteiger partial charge in [-0.3, -0.25) is 10.1 Å². The van der Waals surface area contributed by atoms with Crippen molar-refractivity contribution in [1.82, 2.24) is 5.32 Å². The molecule has 0 aliphatic rings. The number of rotatable bonds is 5. The molecule has 2 aromatic rings. The van der Waals surface area contributed by atoms with Crippen LogP contribution in [-0.2, 0) is 11.4 Å². The molecule has 27 heavy (non-hydrogen) atoms. The summed E-state index contributed by atoms with van der Waals surface area (Å²) in [5.74, 6) is -0.276. The van der Waals surface area contributed by atoms with E-state index in [1.54, 1.807) is 18.2 Å². The number of ether oxygens (including phenoxy) is 1. The highest BCUT2D eigenvalue weighted by Crippen LogP contribution is 2.36. The quantitative estimate of drug-likeness (QED) is 0.298. The minimum atomic E-state index is -1.03. The van der Waals surface area contributed by atoms with E-state index in [9.17, 15) is 9.59 Å². The Kier molecular flexibility index (Phi) is 7.82. The van der Waals surface area contributed by atoms with Gasteiger partial charge in [0.05, 0.1) is 8.95 Å². The van der Waals surface area contributed by atoms with Crippen LogP contribution in [0.15, 0.2) is 50.9 Å². The van der Waals surface area contributed by atoms with Gasteiger partial charge in [0.2, 0.25) is 0 Å². The van der Waals surface area contributed by atoms with E-state index in [4.69, 9.17) is 15.7 Å². The molecule has 0 aliphatic carbocycles. The number of nitrogens with two attached hydrogens (primary N) is 1. The number of carbonyl (C=O) groups is 2. The van der Waals surface area contributed by atoms with Crippen molar-refractivity contribution in [2.24, 2.45) is 5.73 Å². The molecule has 0 saturated carbocycles. The zero-order valence-electron chi connectivity index (χ0n) is 13.6. The summed E-state index contributed by atoms with van der Waals surface area (Å²) in [6.07, 6.45) is 1.34. The first kappa shape index (κ1) is 21.4. The summed E-state index contributed by atoms with van der Waals surface area (Å²) >= 11 is 9.09. The number of nitriles is 1. The van der Waals surface area contributed by atoms with Crippen molar-refractivity contribution in [3.05, 3.63) is 65.6 Å². The van der Waals surface area contributed by atoms with E-state index in [-0.39, 0.29) is 5.57 Å². The van der Waals surface area contributed by atoms with Crippen molar-refractivity contribution in [2.45, 2.75) is 6.61 Å². The number of amides is 3. The number of hydrogen-bond donors (Lipinski definition) is 2. The Bertz CT molecular complexity index is 930. The summed E-state index contributed by atoms with van der Waals surface area (Å²) in [6.45, 7) is 0.383. The standard InChI is InChI=1S/C18H12Br2IN3O3/c19-14-6-11(5-12(8-22)17(25)24-18(23)26)7-15(20)16(14)27-9-10-1-3-13(21)4-2-10/h1-7H,9H2,(H3,23,24,25,26)/b12-5-. The van der Waals surface area contributed by atoms with Gasteiger partial charge in [-0.2, -0.15) is 5.26 Å². The number of nitrogens with zero attached hydrogens (tertiary/aromatic N) is 1. The molecule has 2 aromatic carbocycles. The van der Waals surface area contributed by atoms with Gasteiger partial charge in [0.1, 0.15) is 24.0 Å². The minimum Gasteiger partial charge on any atom is -0.487 e. The summed E-state index contributed by atoms with van der Waals surface area (Å²) < 4.78 is 8.28. The molecule has 0 bridgehead atoms. The van der Waals surface area contributed by atoms with Gasteiger partial charge in [-0.25, -0.2) is 4.79 Å². The van der Waals surface area contributed by atoms with Gasteiger partial charge in [0.15, 0.2) is 0 Å². The van der Waals surface area contributed by atoms with Crippen LogP contribution >= 0.6 is 54.5 Å².